The molecule has 0 saturated carbocycles. The van der Waals surface area contributed by atoms with Crippen LogP contribution in [0, 0.1) is 0 Å². The lowest BCUT2D eigenvalue weighted by Gasteiger charge is -2.27. The van der Waals surface area contributed by atoms with Gasteiger partial charge in [0.25, 0.3) is 0 Å². The molecule has 0 aromatic carbocycles. The molecule has 1 heterocycles. The van der Waals surface area contributed by atoms with Gasteiger partial charge in [0, 0.05) is 11.1 Å². The minimum atomic E-state index is -0.720. The smallest absolute Gasteiger partial charge is 0.305 e. The minimum Gasteiger partial charge on any atom is -0.481 e. The molecule has 12 heavy (non-hydrogen) atoms. The highest BCUT2D eigenvalue weighted by atomic mass is 16.4. The summed E-state index contributed by atoms with van der Waals surface area (Å²) in [6.07, 6.45) is 2.22. The van der Waals surface area contributed by atoms with Crippen molar-refractivity contribution >= 4 is 5.97 Å². The van der Waals surface area contributed by atoms with E-state index in [1.165, 1.54) is 0 Å². The van der Waals surface area contributed by atoms with Gasteiger partial charge in [-0.15, -0.1) is 0 Å². The van der Waals surface area contributed by atoms with Crippen molar-refractivity contribution in [2.75, 3.05) is 0 Å². The van der Waals surface area contributed by atoms with Crippen LogP contribution in [0.2, 0.25) is 0 Å². The van der Waals surface area contributed by atoms with Crippen LogP contribution in [0.4, 0.5) is 0 Å². The number of aliphatic carboxylic acids is 1. The van der Waals surface area contributed by atoms with Gasteiger partial charge in [0.2, 0.25) is 0 Å². The lowest BCUT2D eigenvalue weighted by atomic mass is 9.96. The summed E-state index contributed by atoms with van der Waals surface area (Å²) in [5, 5.41) is 12.0. The van der Waals surface area contributed by atoms with E-state index < -0.39 is 5.97 Å². The second kappa shape index (κ2) is 2.73. The maximum absolute atomic E-state index is 10.5. The molecule has 1 rings (SSSR count). The molecule has 3 heteroatoms. The van der Waals surface area contributed by atoms with Crippen molar-refractivity contribution in [3.8, 4) is 0 Å². The first kappa shape index (κ1) is 9.52. The molecule has 0 radical (unpaired) electrons. The Morgan fingerprint density at radius 2 is 2.00 bits per heavy atom. The van der Waals surface area contributed by atoms with Crippen LogP contribution in [-0.2, 0) is 4.79 Å². The van der Waals surface area contributed by atoms with E-state index in [4.69, 9.17) is 5.11 Å². The summed E-state index contributed by atoms with van der Waals surface area (Å²) in [4.78, 5) is 10.5. The zero-order chi connectivity index (χ0) is 9.41. The van der Waals surface area contributed by atoms with E-state index in [0.29, 0.717) is 0 Å². The van der Waals surface area contributed by atoms with E-state index in [1.54, 1.807) is 0 Å². The molecule has 70 valence electrons. The Morgan fingerprint density at radius 1 is 1.42 bits per heavy atom. The molecule has 0 aromatic rings. The van der Waals surface area contributed by atoms with E-state index in [2.05, 4.69) is 19.2 Å². The number of carboxylic acids is 1. The minimum absolute atomic E-state index is 0.101. The van der Waals surface area contributed by atoms with Crippen LogP contribution in [0.1, 0.15) is 40.0 Å². The molecule has 0 bridgehead atoms. The van der Waals surface area contributed by atoms with E-state index in [9.17, 15) is 4.79 Å². The summed E-state index contributed by atoms with van der Waals surface area (Å²) in [6.45, 7) is 6.20. The standard InChI is InChI=1S/C9H17NO2/c1-8(2)4-5-9(3,10-8)6-7(11)12/h10H,4-6H2,1-3H3,(H,11,12)/t9-/m0/s1. The summed E-state index contributed by atoms with van der Waals surface area (Å²) < 4.78 is 0. The second-order valence-electron chi connectivity index (χ2n) is 4.64. The van der Waals surface area contributed by atoms with Crippen molar-refractivity contribution in [2.45, 2.75) is 51.1 Å². The molecule has 0 amide bonds. The van der Waals surface area contributed by atoms with Gasteiger partial charge in [-0.05, 0) is 33.6 Å². The number of hydrogen-bond acceptors (Lipinski definition) is 2. The molecule has 2 N–H and O–H groups in total. The fourth-order valence-electron chi connectivity index (χ4n) is 2.00. The number of carboxylic acid groups (broad SMARTS) is 1. The zero-order valence-electron chi connectivity index (χ0n) is 7.98. The highest BCUT2D eigenvalue weighted by molar-refractivity contribution is 5.68. The van der Waals surface area contributed by atoms with E-state index >= 15 is 0 Å². The Hall–Kier alpha value is -0.570. The van der Waals surface area contributed by atoms with Crippen LogP contribution >= 0.6 is 0 Å². The highest BCUT2D eigenvalue weighted by Crippen LogP contribution is 2.32. The zero-order valence-corrected chi connectivity index (χ0v) is 7.98. The van der Waals surface area contributed by atoms with Gasteiger partial charge in [-0.2, -0.15) is 0 Å². The molecular formula is C9H17NO2. The average molecular weight is 171 g/mol. The van der Waals surface area contributed by atoms with Crippen molar-refractivity contribution < 1.29 is 9.90 Å². The Bertz CT molecular complexity index is 201. The summed E-state index contributed by atoms with van der Waals surface area (Å²) >= 11 is 0. The summed E-state index contributed by atoms with van der Waals surface area (Å²) in [5.74, 6) is -0.720. The fourth-order valence-corrected chi connectivity index (χ4v) is 2.00. The van der Waals surface area contributed by atoms with Crippen LogP contribution in [0.15, 0.2) is 0 Å². The van der Waals surface area contributed by atoms with E-state index in [-0.39, 0.29) is 17.5 Å². The van der Waals surface area contributed by atoms with E-state index in [0.717, 1.165) is 12.8 Å². The van der Waals surface area contributed by atoms with Gasteiger partial charge in [0.15, 0.2) is 0 Å². The molecule has 0 aliphatic carbocycles. The largest absolute Gasteiger partial charge is 0.481 e. The van der Waals surface area contributed by atoms with E-state index in [1.807, 2.05) is 6.92 Å². The van der Waals surface area contributed by atoms with Crippen molar-refractivity contribution in [1.82, 2.24) is 5.32 Å². The Labute approximate surface area is 73.2 Å². The SMILES string of the molecule is CC1(C)CC[C@@](C)(CC(=O)O)N1. The lowest BCUT2D eigenvalue weighted by Crippen LogP contribution is -2.46. The number of nitrogens with one attached hydrogen (secondary N) is 1. The monoisotopic (exact) mass is 171 g/mol. The molecule has 1 fully saturated rings. The van der Waals surface area contributed by atoms with Crippen molar-refractivity contribution in [2.24, 2.45) is 0 Å². The van der Waals surface area contributed by atoms with Gasteiger partial charge >= 0.3 is 5.97 Å². The number of rotatable bonds is 2. The molecule has 1 atom stereocenters. The van der Waals surface area contributed by atoms with Crippen molar-refractivity contribution in [3.63, 3.8) is 0 Å². The van der Waals surface area contributed by atoms with Gasteiger partial charge in [-0.3, -0.25) is 4.79 Å². The molecule has 0 spiro atoms. The van der Waals surface area contributed by atoms with Gasteiger partial charge in [-0.25, -0.2) is 0 Å². The maximum atomic E-state index is 10.5. The molecular weight excluding hydrogens is 154 g/mol. The summed E-state index contributed by atoms with van der Waals surface area (Å²) in [5.41, 5.74) is -0.0977. The molecule has 0 aromatic heterocycles. The molecule has 1 saturated heterocycles. The van der Waals surface area contributed by atoms with Crippen molar-refractivity contribution in [1.29, 1.82) is 0 Å². The first-order chi connectivity index (χ1) is 5.33. The summed E-state index contributed by atoms with van der Waals surface area (Å²) in [7, 11) is 0. The third-order valence-electron chi connectivity index (χ3n) is 2.48. The van der Waals surface area contributed by atoms with Crippen LogP contribution < -0.4 is 5.32 Å². The first-order valence-corrected chi connectivity index (χ1v) is 4.34. The van der Waals surface area contributed by atoms with Gasteiger partial charge in [0.1, 0.15) is 0 Å². The first-order valence-electron chi connectivity index (χ1n) is 4.34. The Kier molecular flexibility index (Phi) is 2.17. The van der Waals surface area contributed by atoms with Crippen molar-refractivity contribution in [3.05, 3.63) is 0 Å². The summed E-state index contributed by atoms with van der Waals surface area (Å²) in [6, 6.07) is 0. The van der Waals surface area contributed by atoms with Gasteiger partial charge < -0.3 is 10.4 Å². The maximum Gasteiger partial charge on any atom is 0.305 e. The van der Waals surface area contributed by atoms with Gasteiger partial charge in [-0.1, -0.05) is 0 Å². The van der Waals surface area contributed by atoms with Gasteiger partial charge in [0.05, 0.1) is 6.42 Å². The Balaban J connectivity index is 2.58. The molecule has 1 aliphatic heterocycles. The average Bonchev–Trinajstić information content (AvgIpc) is 2.03. The van der Waals surface area contributed by atoms with Crippen LogP contribution in [-0.4, -0.2) is 22.2 Å². The van der Waals surface area contributed by atoms with Crippen LogP contribution in [0.5, 0.6) is 0 Å². The number of carbonyl (C=O) groups is 1. The quantitative estimate of drug-likeness (QED) is 0.660. The third kappa shape index (κ3) is 2.21. The predicted molar refractivity (Wildman–Crippen MR) is 47.1 cm³/mol. The molecule has 3 nitrogen and oxygen atoms in total. The lowest BCUT2D eigenvalue weighted by molar-refractivity contribution is -0.138. The molecule has 1 aliphatic rings. The normalized spacial score (nSPS) is 33.6. The number of hydrogen-bond donors (Lipinski definition) is 2. The topological polar surface area (TPSA) is 49.3 Å². The van der Waals surface area contributed by atoms with Crippen LogP contribution in [0.3, 0.4) is 0 Å². The van der Waals surface area contributed by atoms with Crippen LogP contribution in [0.25, 0.3) is 0 Å². The third-order valence-corrected chi connectivity index (χ3v) is 2.48. The Morgan fingerprint density at radius 3 is 2.33 bits per heavy atom. The highest BCUT2D eigenvalue weighted by Gasteiger charge is 2.39. The second-order valence-corrected chi connectivity index (χ2v) is 4.64. The fraction of sp³-hybridized carbons (Fsp3) is 0.889. The molecule has 0 unspecified atom stereocenters. The predicted octanol–water partition coefficient (Wildman–Crippen LogP) is 1.38.